The first kappa shape index (κ1) is 23.1. The SMILES string of the molecule is COc1ccc(N2C=C(C(=O)c3ccc(Cl)cc3)C(c3ccc(C)cc3)C3=C2CCCC3=O)cc1. The summed E-state index contributed by atoms with van der Waals surface area (Å²) in [4.78, 5) is 29.4. The molecule has 0 radical (unpaired) electrons. The molecule has 1 unspecified atom stereocenters. The first-order valence-corrected chi connectivity index (χ1v) is 12.1. The highest BCUT2D eigenvalue weighted by Crippen LogP contribution is 2.46. The van der Waals surface area contributed by atoms with Gasteiger partial charge in [-0.1, -0.05) is 41.4 Å². The van der Waals surface area contributed by atoms with Gasteiger partial charge in [-0.15, -0.1) is 0 Å². The van der Waals surface area contributed by atoms with Crippen molar-refractivity contribution in [2.75, 3.05) is 12.0 Å². The molecule has 1 aliphatic heterocycles. The Kier molecular flexibility index (Phi) is 6.31. The van der Waals surface area contributed by atoms with Crippen LogP contribution in [0.1, 0.15) is 46.7 Å². The van der Waals surface area contributed by atoms with Gasteiger partial charge in [0, 0.05) is 51.7 Å². The average molecular weight is 484 g/mol. The van der Waals surface area contributed by atoms with Gasteiger partial charge >= 0.3 is 0 Å². The van der Waals surface area contributed by atoms with E-state index in [0.29, 0.717) is 22.6 Å². The summed E-state index contributed by atoms with van der Waals surface area (Å²) in [5, 5.41) is 0.571. The van der Waals surface area contributed by atoms with E-state index in [-0.39, 0.29) is 11.6 Å². The molecule has 0 saturated carbocycles. The molecule has 176 valence electrons. The van der Waals surface area contributed by atoms with E-state index in [9.17, 15) is 9.59 Å². The Balaban J connectivity index is 1.71. The number of methoxy groups -OCH3 is 1. The number of ether oxygens (including phenoxy) is 1. The number of hydrogen-bond donors (Lipinski definition) is 0. The lowest BCUT2D eigenvalue weighted by Gasteiger charge is -2.38. The largest absolute Gasteiger partial charge is 0.497 e. The Labute approximate surface area is 210 Å². The molecule has 1 aliphatic carbocycles. The summed E-state index contributed by atoms with van der Waals surface area (Å²) in [6, 6.07) is 22.7. The number of halogens is 1. The molecule has 35 heavy (non-hydrogen) atoms. The van der Waals surface area contributed by atoms with Crippen LogP contribution in [-0.2, 0) is 4.79 Å². The number of allylic oxidation sites excluding steroid dienone is 3. The van der Waals surface area contributed by atoms with Crippen molar-refractivity contribution in [3.05, 3.63) is 118 Å². The summed E-state index contributed by atoms with van der Waals surface area (Å²) in [5.41, 5.74) is 5.75. The predicted molar refractivity (Wildman–Crippen MR) is 139 cm³/mol. The van der Waals surface area contributed by atoms with Crippen molar-refractivity contribution in [1.82, 2.24) is 0 Å². The molecule has 4 nitrogen and oxygen atoms in total. The summed E-state index contributed by atoms with van der Waals surface area (Å²) in [7, 11) is 1.63. The van der Waals surface area contributed by atoms with E-state index >= 15 is 0 Å². The standard InChI is InChI=1S/C30H26ClNO3/c1-19-6-8-20(9-7-19)28-25(30(34)21-10-12-22(31)13-11-21)18-32(23-14-16-24(35-2)17-15-23)26-4-3-5-27(33)29(26)28/h6-18,28H,3-5H2,1-2H3. The minimum absolute atomic E-state index is 0.102. The van der Waals surface area contributed by atoms with Gasteiger partial charge in [0.1, 0.15) is 5.75 Å². The third kappa shape index (κ3) is 4.42. The molecular formula is C30H26ClNO3. The molecule has 0 N–H and O–H groups in total. The Bertz CT molecular complexity index is 1340. The minimum atomic E-state index is -0.420. The van der Waals surface area contributed by atoms with E-state index in [2.05, 4.69) is 0 Å². The van der Waals surface area contributed by atoms with E-state index in [0.717, 1.165) is 46.7 Å². The fourth-order valence-electron chi connectivity index (χ4n) is 4.91. The molecule has 0 aromatic heterocycles. The third-order valence-corrected chi connectivity index (χ3v) is 6.97. The van der Waals surface area contributed by atoms with Crippen LogP contribution in [0.4, 0.5) is 5.69 Å². The van der Waals surface area contributed by atoms with Gasteiger partial charge in [-0.3, -0.25) is 9.59 Å². The summed E-state index contributed by atoms with van der Waals surface area (Å²) in [5.74, 6) is 0.315. The highest BCUT2D eigenvalue weighted by atomic mass is 35.5. The van der Waals surface area contributed by atoms with Crippen molar-refractivity contribution in [3.8, 4) is 5.75 Å². The van der Waals surface area contributed by atoms with Crippen LogP contribution in [0, 0.1) is 6.92 Å². The molecule has 1 atom stereocenters. The quantitative estimate of drug-likeness (QED) is 0.365. The Morgan fingerprint density at radius 1 is 0.943 bits per heavy atom. The summed E-state index contributed by atoms with van der Waals surface area (Å²) < 4.78 is 5.33. The third-order valence-electron chi connectivity index (χ3n) is 6.72. The van der Waals surface area contributed by atoms with Crippen LogP contribution < -0.4 is 9.64 Å². The smallest absolute Gasteiger partial charge is 0.191 e. The zero-order valence-electron chi connectivity index (χ0n) is 19.8. The molecule has 0 spiro atoms. The van der Waals surface area contributed by atoms with Crippen molar-refractivity contribution >= 4 is 28.9 Å². The molecule has 2 aliphatic rings. The van der Waals surface area contributed by atoms with Crippen LogP contribution in [0.3, 0.4) is 0 Å². The lowest BCUT2D eigenvalue weighted by molar-refractivity contribution is -0.116. The van der Waals surface area contributed by atoms with Crippen LogP contribution in [0.5, 0.6) is 5.75 Å². The van der Waals surface area contributed by atoms with Crippen molar-refractivity contribution in [3.63, 3.8) is 0 Å². The van der Waals surface area contributed by atoms with Gasteiger partial charge in [-0.2, -0.15) is 0 Å². The average Bonchev–Trinajstić information content (AvgIpc) is 2.89. The molecule has 3 aromatic rings. The van der Waals surface area contributed by atoms with Crippen molar-refractivity contribution in [2.45, 2.75) is 32.1 Å². The molecule has 0 saturated heterocycles. The minimum Gasteiger partial charge on any atom is -0.497 e. The second kappa shape index (κ2) is 9.55. The topological polar surface area (TPSA) is 46.6 Å². The van der Waals surface area contributed by atoms with Gasteiger partial charge in [0.2, 0.25) is 0 Å². The van der Waals surface area contributed by atoms with Gasteiger partial charge in [0.05, 0.1) is 7.11 Å². The molecule has 3 aromatic carbocycles. The van der Waals surface area contributed by atoms with Crippen molar-refractivity contribution in [2.24, 2.45) is 0 Å². The number of aryl methyl sites for hydroxylation is 1. The summed E-state index contributed by atoms with van der Waals surface area (Å²) in [6.45, 7) is 2.03. The number of hydrogen-bond acceptors (Lipinski definition) is 4. The number of anilines is 1. The zero-order chi connectivity index (χ0) is 24.5. The number of benzene rings is 3. The highest BCUT2D eigenvalue weighted by molar-refractivity contribution is 6.30. The fourth-order valence-corrected chi connectivity index (χ4v) is 5.03. The van der Waals surface area contributed by atoms with Gasteiger partial charge in [-0.05, 0) is 73.9 Å². The van der Waals surface area contributed by atoms with Crippen molar-refractivity contribution < 1.29 is 14.3 Å². The highest BCUT2D eigenvalue weighted by Gasteiger charge is 2.39. The number of carbonyl (C=O) groups excluding carboxylic acids is 2. The lowest BCUT2D eigenvalue weighted by Crippen LogP contribution is -2.34. The van der Waals surface area contributed by atoms with Crippen LogP contribution >= 0.6 is 11.6 Å². The van der Waals surface area contributed by atoms with E-state index in [1.165, 1.54) is 0 Å². The normalized spacial score (nSPS) is 17.7. The fraction of sp³-hybridized carbons (Fsp3) is 0.200. The molecule has 0 amide bonds. The number of Topliss-reactive ketones (excluding diaryl/α,β-unsaturated/α-hetero) is 2. The molecule has 1 heterocycles. The number of ketones is 2. The monoisotopic (exact) mass is 483 g/mol. The first-order chi connectivity index (χ1) is 17.0. The van der Waals surface area contributed by atoms with Gasteiger partial charge in [0.25, 0.3) is 0 Å². The molecule has 5 rings (SSSR count). The van der Waals surface area contributed by atoms with Crippen LogP contribution in [-0.4, -0.2) is 18.7 Å². The number of carbonyl (C=O) groups is 2. The van der Waals surface area contributed by atoms with Crippen LogP contribution in [0.2, 0.25) is 5.02 Å². The maximum absolute atomic E-state index is 13.9. The van der Waals surface area contributed by atoms with E-state index < -0.39 is 5.92 Å². The van der Waals surface area contributed by atoms with Crippen molar-refractivity contribution in [1.29, 1.82) is 0 Å². The lowest BCUT2D eigenvalue weighted by atomic mass is 9.74. The van der Waals surface area contributed by atoms with E-state index in [1.54, 1.807) is 31.4 Å². The number of rotatable bonds is 5. The van der Waals surface area contributed by atoms with Gasteiger partial charge in [0.15, 0.2) is 11.6 Å². The van der Waals surface area contributed by atoms with Gasteiger partial charge in [-0.25, -0.2) is 0 Å². The molecular weight excluding hydrogens is 458 g/mol. The predicted octanol–water partition coefficient (Wildman–Crippen LogP) is 7.03. The van der Waals surface area contributed by atoms with E-state index in [1.807, 2.05) is 66.6 Å². The maximum Gasteiger partial charge on any atom is 0.191 e. The number of nitrogens with zero attached hydrogens (tertiary/aromatic N) is 1. The van der Waals surface area contributed by atoms with Gasteiger partial charge < -0.3 is 9.64 Å². The second-order valence-corrected chi connectivity index (χ2v) is 9.41. The van der Waals surface area contributed by atoms with Crippen LogP contribution in [0.15, 0.2) is 95.8 Å². The first-order valence-electron chi connectivity index (χ1n) is 11.7. The van der Waals surface area contributed by atoms with E-state index in [4.69, 9.17) is 16.3 Å². The Morgan fingerprint density at radius 3 is 2.29 bits per heavy atom. The Morgan fingerprint density at radius 2 is 1.63 bits per heavy atom. The summed E-state index contributed by atoms with van der Waals surface area (Å²) >= 11 is 6.08. The molecule has 0 bridgehead atoms. The zero-order valence-corrected chi connectivity index (χ0v) is 20.5. The van der Waals surface area contributed by atoms with Crippen LogP contribution in [0.25, 0.3) is 0 Å². The maximum atomic E-state index is 13.9. The summed E-state index contributed by atoms with van der Waals surface area (Å²) in [6.07, 6.45) is 3.97. The molecule has 5 heteroatoms. The second-order valence-electron chi connectivity index (χ2n) is 8.97. The molecule has 0 fully saturated rings. The Hall–Kier alpha value is -3.63.